The second-order valence-electron chi connectivity index (χ2n) is 8.50. The van der Waals surface area contributed by atoms with Crippen molar-refractivity contribution in [3.63, 3.8) is 0 Å². The number of fused-ring (bicyclic) bond motifs is 1. The molecule has 0 saturated carbocycles. The Bertz CT molecular complexity index is 1510. The first-order valence-electron chi connectivity index (χ1n) is 11.9. The molecule has 0 unspecified atom stereocenters. The average Bonchev–Trinajstić information content (AvgIpc) is 3.39. The van der Waals surface area contributed by atoms with Crippen molar-refractivity contribution < 1.29 is 33.7 Å². The minimum atomic E-state index is -0.579. The number of carbonyl (C=O) groups is 3. The number of hydrogen-bond donors (Lipinski definition) is 1. The van der Waals surface area contributed by atoms with E-state index in [4.69, 9.17) is 19.3 Å². The molecular weight excluding hydrogens is 506 g/mol. The van der Waals surface area contributed by atoms with Crippen LogP contribution in [0.15, 0.2) is 53.9 Å². The molecule has 0 radical (unpaired) electrons. The zero-order chi connectivity index (χ0) is 27.2. The van der Waals surface area contributed by atoms with Crippen molar-refractivity contribution in [1.82, 2.24) is 4.98 Å². The third-order valence-corrected chi connectivity index (χ3v) is 7.15. The summed E-state index contributed by atoms with van der Waals surface area (Å²) in [7, 11) is 2.73. The molecular formula is C29H27NO7S. The second-order valence-corrected chi connectivity index (χ2v) is 9.38. The lowest BCUT2D eigenvalue weighted by Crippen LogP contribution is -2.10. The van der Waals surface area contributed by atoms with Gasteiger partial charge in [0.15, 0.2) is 23.1 Å². The molecule has 0 spiro atoms. The van der Waals surface area contributed by atoms with E-state index < -0.39 is 5.97 Å². The van der Waals surface area contributed by atoms with Gasteiger partial charge in [-0.1, -0.05) is 18.2 Å². The molecule has 0 aliphatic rings. The third-order valence-electron chi connectivity index (χ3n) is 6.02. The van der Waals surface area contributed by atoms with Gasteiger partial charge in [-0.2, -0.15) is 0 Å². The summed E-state index contributed by atoms with van der Waals surface area (Å²) in [4.78, 5) is 42.9. The SMILES string of the molecule is COC(=O)c1cc(C(=O)CCC(=O)c2ccc(OCCO)c(OC)c2)nc(-c2csc3c(C)cccc23)c1. The van der Waals surface area contributed by atoms with Crippen LogP contribution in [0.4, 0.5) is 0 Å². The van der Waals surface area contributed by atoms with Gasteiger partial charge in [-0.25, -0.2) is 9.78 Å². The number of aromatic nitrogens is 1. The summed E-state index contributed by atoms with van der Waals surface area (Å²) < 4.78 is 16.7. The van der Waals surface area contributed by atoms with Gasteiger partial charge in [-0.05, 0) is 42.8 Å². The number of aryl methyl sites for hydroxylation is 1. The van der Waals surface area contributed by atoms with Gasteiger partial charge in [0.1, 0.15) is 12.3 Å². The summed E-state index contributed by atoms with van der Waals surface area (Å²) in [5.41, 5.74) is 3.10. The Morgan fingerprint density at radius 3 is 2.47 bits per heavy atom. The average molecular weight is 534 g/mol. The van der Waals surface area contributed by atoms with Crippen LogP contribution in [-0.4, -0.2) is 55.1 Å². The number of rotatable bonds is 11. The number of ketones is 2. The zero-order valence-corrected chi connectivity index (χ0v) is 22.1. The molecule has 0 saturated heterocycles. The second kappa shape index (κ2) is 12.0. The summed E-state index contributed by atoms with van der Waals surface area (Å²) in [6.45, 7) is 1.97. The lowest BCUT2D eigenvalue weighted by Gasteiger charge is -2.11. The van der Waals surface area contributed by atoms with Crippen molar-refractivity contribution in [3.05, 3.63) is 76.3 Å². The molecule has 0 fully saturated rings. The number of hydrogen-bond acceptors (Lipinski definition) is 9. The van der Waals surface area contributed by atoms with Crippen molar-refractivity contribution in [2.45, 2.75) is 19.8 Å². The fourth-order valence-corrected chi connectivity index (χ4v) is 5.11. The van der Waals surface area contributed by atoms with Crippen molar-refractivity contribution in [3.8, 4) is 22.8 Å². The minimum Gasteiger partial charge on any atom is -0.493 e. The summed E-state index contributed by atoms with van der Waals surface area (Å²) in [6, 6.07) is 13.7. The van der Waals surface area contributed by atoms with Crippen LogP contribution in [0, 0.1) is 6.92 Å². The molecule has 0 bridgehead atoms. The molecule has 38 heavy (non-hydrogen) atoms. The van der Waals surface area contributed by atoms with E-state index in [9.17, 15) is 14.4 Å². The molecule has 8 nitrogen and oxygen atoms in total. The summed E-state index contributed by atoms with van der Waals surface area (Å²) >= 11 is 1.57. The summed E-state index contributed by atoms with van der Waals surface area (Å²) in [6.07, 6.45) is -0.149. The van der Waals surface area contributed by atoms with Gasteiger partial charge in [-0.3, -0.25) is 9.59 Å². The summed E-state index contributed by atoms with van der Waals surface area (Å²) in [5, 5.41) is 11.9. The predicted molar refractivity (Wildman–Crippen MR) is 145 cm³/mol. The number of esters is 1. The van der Waals surface area contributed by atoms with E-state index in [0.29, 0.717) is 22.8 Å². The van der Waals surface area contributed by atoms with E-state index in [-0.39, 0.29) is 48.9 Å². The molecule has 2 aromatic carbocycles. The van der Waals surface area contributed by atoms with Crippen LogP contribution in [0.25, 0.3) is 21.3 Å². The number of benzene rings is 2. The van der Waals surface area contributed by atoms with Crippen molar-refractivity contribution in [1.29, 1.82) is 0 Å². The maximum Gasteiger partial charge on any atom is 0.338 e. The number of pyridine rings is 1. The molecule has 0 amide bonds. The van der Waals surface area contributed by atoms with Crippen LogP contribution in [0.3, 0.4) is 0 Å². The van der Waals surface area contributed by atoms with Gasteiger partial charge < -0.3 is 19.3 Å². The minimum absolute atomic E-state index is 0.0567. The lowest BCUT2D eigenvalue weighted by molar-refractivity contribution is 0.0600. The van der Waals surface area contributed by atoms with Crippen LogP contribution in [-0.2, 0) is 4.74 Å². The predicted octanol–water partition coefficient (Wildman–Crippen LogP) is 5.28. The van der Waals surface area contributed by atoms with Crippen molar-refractivity contribution in [2.24, 2.45) is 0 Å². The van der Waals surface area contributed by atoms with Crippen molar-refractivity contribution >= 4 is 39.0 Å². The Labute approximate surface area is 223 Å². The Kier molecular flexibility index (Phi) is 8.50. The Balaban J connectivity index is 1.58. The van der Waals surface area contributed by atoms with E-state index in [1.807, 2.05) is 30.5 Å². The molecule has 4 aromatic rings. The highest BCUT2D eigenvalue weighted by molar-refractivity contribution is 7.18. The van der Waals surface area contributed by atoms with E-state index in [0.717, 1.165) is 21.2 Å². The largest absolute Gasteiger partial charge is 0.493 e. The molecule has 9 heteroatoms. The smallest absolute Gasteiger partial charge is 0.338 e. The fourth-order valence-electron chi connectivity index (χ4n) is 4.06. The number of aliphatic hydroxyl groups is 1. The lowest BCUT2D eigenvalue weighted by atomic mass is 10.0. The highest BCUT2D eigenvalue weighted by Gasteiger charge is 2.19. The van der Waals surface area contributed by atoms with Crippen LogP contribution < -0.4 is 9.47 Å². The van der Waals surface area contributed by atoms with Gasteiger partial charge in [-0.15, -0.1) is 11.3 Å². The first kappa shape index (κ1) is 27.0. The third kappa shape index (κ3) is 5.74. The Hall–Kier alpha value is -4.08. The fraction of sp³-hybridized carbons (Fsp3) is 0.241. The van der Waals surface area contributed by atoms with Gasteiger partial charge in [0, 0.05) is 39.4 Å². The number of methoxy groups -OCH3 is 2. The number of carbonyl (C=O) groups excluding carboxylic acids is 3. The number of ether oxygens (including phenoxy) is 3. The molecule has 1 N–H and O–H groups in total. The Morgan fingerprint density at radius 1 is 0.947 bits per heavy atom. The molecule has 2 aromatic heterocycles. The van der Waals surface area contributed by atoms with Gasteiger partial charge in [0.25, 0.3) is 0 Å². The van der Waals surface area contributed by atoms with E-state index >= 15 is 0 Å². The number of nitrogens with zero attached hydrogens (tertiary/aromatic N) is 1. The maximum absolute atomic E-state index is 13.1. The van der Waals surface area contributed by atoms with Crippen LogP contribution >= 0.6 is 11.3 Å². The Morgan fingerprint density at radius 2 is 1.74 bits per heavy atom. The zero-order valence-electron chi connectivity index (χ0n) is 21.3. The molecule has 196 valence electrons. The number of thiophene rings is 1. The number of Topliss-reactive ketones (excluding diaryl/α,β-unsaturated/α-hetero) is 2. The quantitative estimate of drug-likeness (QED) is 0.205. The first-order chi connectivity index (χ1) is 18.4. The normalized spacial score (nSPS) is 10.8. The van der Waals surface area contributed by atoms with Crippen molar-refractivity contribution in [2.75, 3.05) is 27.4 Å². The van der Waals surface area contributed by atoms with E-state index in [1.165, 1.54) is 26.4 Å². The monoisotopic (exact) mass is 533 g/mol. The van der Waals surface area contributed by atoms with Crippen LogP contribution in [0.5, 0.6) is 11.5 Å². The van der Waals surface area contributed by atoms with E-state index in [1.54, 1.807) is 29.5 Å². The highest BCUT2D eigenvalue weighted by Crippen LogP contribution is 2.35. The highest BCUT2D eigenvalue weighted by atomic mass is 32.1. The van der Waals surface area contributed by atoms with Gasteiger partial charge in [0.05, 0.1) is 32.1 Å². The van der Waals surface area contributed by atoms with Crippen LogP contribution in [0.2, 0.25) is 0 Å². The summed E-state index contributed by atoms with van der Waals surface area (Å²) in [5.74, 6) is -0.442. The molecule has 0 aliphatic carbocycles. The van der Waals surface area contributed by atoms with Crippen LogP contribution in [0.1, 0.15) is 49.6 Å². The standard InChI is InChI=1S/C29H27NO7S/c1-17-5-4-6-20-21(16-38-28(17)20)22-13-19(29(34)36-3)14-23(30-22)25(33)9-8-24(32)18-7-10-26(37-12-11-31)27(15-18)35-2/h4-7,10,13-16,31H,8-9,11-12H2,1-3H3. The van der Waals surface area contributed by atoms with Gasteiger partial charge in [0.2, 0.25) is 0 Å². The van der Waals surface area contributed by atoms with Gasteiger partial charge >= 0.3 is 5.97 Å². The maximum atomic E-state index is 13.1. The number of aliphatic hydroxyl groups excluding tert-OH is 1. The van der Waals surface area contributed by atoms with E-state index in [2.05, 4.69) is 4.98 Å². The molecule has 2 heterocycles. The molecule has 0 aliphatic heterocycles. The topological polar surface area (TPSA) is 112 Å². The molecule has 0 atom stereocenters. The first-order valence-corrected chi connectivity index (χ1v) is 12.8. The molecule has 4 rings (SSSR count).